The summed E-state index contributed by atoms with van der Waals surface area (Å²) in [4.78, 5) is 16.3. The molecule has 2 N–H and O–H groups in total. The molecule has 0 atom stereocenters. The number of nitrogens with one attached hydrogen (secondary N) is 1. The predicted octanol–water partition coefficient (Wildman–Crippen LogP) is 4.05. The Morgan fingerprint density at radius 1 is 1.20 bits per heavy atom. The lowest BCUT2D eigenvalue weighted by Gasteiger charge is -2.05. The van der Waals surface area contributed by atoms with Crippen molar-refractivity contribution in [1.82, 2.24) is 0 Å². The molecule has 2 aromatic rings. The molecule has 6 heteroatoms. The van der Waals surface area contributed by atoms with Crippen molar-refractivity contribution in [1.29, 1.82) is 0 Å². The number of anilines is 1. The zero-order chi connectivity index (χ0) is 18.3. The topological polar surface area (TPSA) is 70.9 Å². The van der Waals surface area contributed by atoms with Gasteiger partial charge in [0.15, 0.2) is 0 Å². The number of rotatable bonds is 3. The van der Waals surface area contributed by atoms with E-state index in [1.807, 2.05) is 0 Å². The first-order valence-corrected chi connectivity index (χ1v) is 7.82. The number of hydrogen-bond donors (Lipinski definition) is 2. The number of carbonyl (C=O) groups excluding carboxylic acids is 1. The number of amides is 1. The minimum absolute atomic E-state index is 0.555. The summed E-state index contributed by atoms with van der Waals surface area (Å²) in [6, 6.07) is 13.7. The van der Waals surface area contributed by atoms with Gasteiger partial charge in [-0.15, -0.1) is 0 Å². The number of hydrogen-bond acceptors (Lipinski definition) is 4. The van der Waals surface area contributed by atoms with Crippen LogP contribution >= 0.6 is 11.6 Å². The molecule has 0 aromatic heterocycles. The average Bonchev–Trinajstić information content (AvgIpc) is 2.55. The Labute approximate surface area is 151 Å². The second-order valence-corrected chi connectivity index (χ2v) is 6.11. The first kappa shape index (κ1) is 18.5. The van der Waals surface area contributed by atoms with Crippen LogP contribution in [0.2, 0.25) is 5.02 Å². The van der Waals surface area contributed by atoms with Crippen LogP contribution in [0.1, 0.15) is 25.0 Å². The monoisotopic (exact) mass is 356 g/mol. The summed E-state index contributed by atoms with van der Waals surface area (Å²) < 4.78 is 0. The van der Waals surface area contributed by atoms with Crippen molar-refractivity contribution < 1.29 is 14.7 Å². The molecule has 0 aliphatic rings. The van der Waals surface area contributed by atoms with E-state index in [4.69, 9.17) is 16.4 Å². The van der Waals surface area contributed by atoms with Crippen molar-refractivity contribution in [3.05, 3.63) is 64.7 Å². The number of nitrogens with zero attached hydrogens (tertiary/aromatic N) is 1. The Morgan fingerprint density at radius 2 is 1.84 bits per heavy atom. The zero-order valence-electron chi connectivity index (χ0n) is 13.8. The van der Waals surface area contributed by atoms with E-state index < -0.39 is 11.7 Å². The van der Waals surface area contributed by atoms with Crippen molar-refractivity contribution in [2.75, 3.05) is 5.32 Å². The summed E-state index contributed by atoms with van der Waals surface area (Å²) in [5.74, 6) is 5.60. The molecule has 0 saturated carbocycles. The minimum atomic E-state index is -1.04. The molecule has 128 valence electrons. The summed E-state index contributed by atoms with van der Waals surface area (Å²) in [5.41, 5.74) is 1.03. The molecular weight excluding hydrogens is 340 g/mol. The Bertz CT molecular complexity index is 811. The highest BCUT2D eigenvalue weighted by Gasteiger charge is 2.05. The van der Waals surface area contributed by atoms with Crippen LogP contribution in [0, 0.1) is 11.8 Å². The summed E-state index contributed by atoms with van der Waals surface area (Å²) in [6.45, 7) is 3.24. The maximum atomic E-state index is 11.6. The van der Waals surface area contributed by atoms with Crippen LogP contribution in [-0.2, 0) is 4.84 Å². The summed E-state index contributed by atoms with van der Waals surface area (Å²) in [7, 11) is 0. The van der Waals surface area contributed by atoms with E-state index >= 15 is 0 Å². The van der Waals surface area contributed by atoms with Gasteiger partial charge in [0, 0.05) is 16.3 Å². The molecule has 0 fully saturated rings. The Kier molecular flexibility index (Phi) is 6.18. The standard InChI is InChI=1S/C19H17ClN2O3/c1-19(2,24)12-11-14-3-5-15(6-4-14)13-21-25-18(23)22-17-9-7-16(20)8-10-17/h3-10,13,24H,1-2H3,(H,22,23)/b21-13-. The van der Waals surface area contributed by atoms with Gasteiger partial charge in [-0.1, -0.05) is 40.7 Å². The van der Waals surface area contributed by atoms with Gasteiger partial charge < -0.3 is 5.11 Å². The Morgan fingerprint density at radius 3 is 2.44 bits per heavy atom. The van der Waals surface area contributed by atoms with Crippen LogP contribution in [0.4, 0.5) is 10.5 Å². The van der Waals surface area contributed by atoms with Crippen molar-refractivity contribution in [3.63, 3.8) is 0 Å². The van der Waals surface area contributed by atoms with Gasteiger partial charge in [-0.2, -0.15) is 0 Å². The number of aliphatic hydroxyl groups is 1. The number of halogens is 1. The Hall–Kier alpha value is -2.81. The van der Waals surface area contributed by atoms with E-state index in [0.29, 0.717) is 10.7 Å². The molecular formula is C19H17ClN2O3. The molecule has 0 saturated heterocycles. The fourth-order valence-electron chi connectivity index (χ4n) is 1.69. The maximum absolute atomic E-state index is 11.6. The van der Waals surface area contributed by atoms with Crippen LogP contribution in [0.5, 0.6) is 0 Å². The van der Waals surface area contributed by atoms with Gasteiger partial charge in [0.1, 0.15) is 5.60 Å². The van der Waals surface area contributed by atoms with E-state index in [0.717, 1.165) is 11.1 Å². The molecule has 0 aliphatic heterocycles. The molecule has 0 radical (unpaired) electrons. The highest BCUT2D eigenvalue weighted by Crippen LogP contribution is 2.13. The smallest absolute Gasteiger partial charge is 0.378 e. The van der Waals surface area contributed by atoms with Crippen molar-refractivity contribution in [2.24, 2.45) is 5.16 Å². The van der Waals surface area contributed by atoms with Crippen LogP contribution in [0.25, 0.3) is 0 Å². The van der Waals surface area contributed by atoms with Crippen molar-refractivity contribution in [2.45, 2.75) is 19.4 Å². The normalized spacial score (nSPS) is 10.9. The number of carbonyl (C=O) groups is 1. The van der Waals surface area contributed by atoms with Crippen LogP contribution in [-0.4, -0.2) is 23.0 Å². The van der Waals surface area contributed by atoms with E-state index in [-0.39, 0.29) is 0 Å². The van der Waals surface area contributed by atoms with Gasteiger partial charge in [-0.05, 0) is 55.8 Å². The van der Waals surface area contributed by atoms with Crippen LogP contribution in [0.3, 0.4) is 0 Å². The molecule has 0 aliphatic carbocycles. The van der Waals surface area contributed by atoms with Gasteiger partial charge in [-0.3, -0.25) is 10.2 Å². The van der Waals surface area contributed by atoms with Gasteiger partial charge in [0.25, 0.3) is 0 Å². The molecule has 25 heavy (non-hydrogen) atoms. The van der Waals surface area contributed by atoms with Crippen LogP contribution < -0.4 is 5.32 Å². The first-order valence-electron chi connectivity index (χ1n) is 7.44. The van der Waals surface area contributed by atoms with E-state index in [9.17, 15) is 9.90 Å². The molecule has 0 spiro atoms. The molecule has 5 nitrogen and oxygen atoms in total. The third-order valence-electron chi connectivity index (χ3n) is 2.85. The lowest BCUT2D eigenvalue weighted by molar-refractivity contribution is 0.143. The van der Waals surface area contributed by atoms with E-state index in [2.05, 4.69) is 22.3 Å². The molecule has 0 bridgehead atoms. The second kappa shape index (κ2) is 8.34. The van der Waals surface area contributed by atoms with Gasteiger partial charge in [0.2, 0.25) is 0 Å². The highest BCUT2D eigenvalue weighted by atomic mass is 35.5. The van der Waals surface area contributed by atoms with Crippen molar-refractivity contribution in [3.8, 4) is 11.8 Å². The third-order valence-corrected chi connectivity index (χ3v) is 3.10. The fourth-order valence-corrected chi connectivity index (χ4v) is 1.81. The summed E-state index contributed by atoms with van der Waals surface area (Å²) in [6.07, 6.45) is 0.709. The van der Waals surface area contributed by atoms with Crippen LogP contribution in [0.15, 0.2) is 53.7 Å². The lowest BCUT2D eigenvalue weighted by Crippen LogP contribution is -2.14. The van der Waals surface area contributed by atoms with Gasteiger partial charge >= 0.3 is 6.09 Å². The Balaban J connectivity index is 1.87. The zero-order valence-corrected chi connectivity index (χ0v) is 14.5. The molecule has 2 aromatic carbocycles. The van der Waals surface area contributed by atoms with Gasteiger partial charge in [0.05, 0.1) is 6.21 Å². The van der Waals surface area contributed by atoms with E-state index in [1.54, 1.807) is 62.4 Å². The third kappa shape index (κ3) is 7.08. The minimum Gasteiger partial charge on any atom is -0.378 e. The van der Waals surface area contributed by atoms with E-state index in [1.165, 1.54) is 6.21 Å². The maximum Gasteiger partial charge on any atom is 0.437 e. The van der Waals surface area contributed by atoms with Gasteiger partial charge in [-0.25, -0.2) is 4.79 Å². The highest BCUT2D eigenvalue weighted by molar-refractivity contribution is 6.30. The number of benzene rings is 2. The molecule has 2 rings (SSSR count). The summed E-state index contributed by atoms with van der Waals surface area (Å²) >= 11 is 5.76. The predicted molar refractivity (Wildman–Crippen MR) is 98.8 cm³/mol. The summed E-state index contributed by atoms with van der Waals surface area (Å²) in [5, 5.41) is 16.3. The lowest BCUT2D eigenvalue weighted by atomic mass is 10.1. The largest absolute Gasteiger partial charge is 0.437 e. The number of oxime groups is 1. The quantitative estimate of drug-likeness (QED) is 0.377. The second-order valence-electron chi connectivity index (χ2n) is 5.68. The average molecular weight is 357 g/mol. The molecule has 0 heterocycles. The van der Waals surface area contributed by atoms with Crippen molar-refractivity contribution >= 4 is 29.6 Å². The first-order chi connectivity index (χ1) is 11.8. The fraction of sp³-hybridized carbons (Fsp3) is 0.158. The SMILES string of the molecule is CC(C)(O)C#Cc1ccc(/C=N\OC(=O)Nc2ccc(Cl)cc2)cc1. The molecule has 0 unspecified atom stereocenters. The molecule has 1 amide bonds.